The molecular weight excluding hydrogens is 345 g/mol. The number of hydrogen-bond donors (Lipinski definition) is 2. The maximum absolute atomic E-state index is 13.2. The van der Waals surface area contributed by atoms with E-state index in [1.807, 2.05) is 30.3 Å². The Labute approximate surface area is 152 Å². The zero-order chi connectivity index (χ0) is 19.2. The van der Waals surface area contributed by atoms with Crippen LogP contribution in [-0.2, 0) is 6.54 Å². The molecule has 2 aliphatic heterocycles. The summed E-state index contributed by atoms with van der Waals surface area (Å²) in [4.78, 5) is 3.73. The Bertz CT molecular complexity index is 615. The van der Waals surface area contributed by atoms with Crippen molar-refractivity contribution >= 4 is 0 Å². The van der Waals surface area contributed by atoms with Gasteiger partial charge < -0.3 is 10.2 Å². The van der Waals surface area contributed by atoms with E-state index >= 15 is 0 Å². The molecule has 26 heavy (non-hydrogen) atoms. The molecule has 2 atom stereocenters. The molecule has 4 nitrogen and oxygen atoms in total. The van der Waals surface area contributed by atoms with Crippen molar-refractivity contribution in [3.05, 3.63) is 35.9 Å². The van der Waals surface area contributed by atoms with Gasteiger partial charge in [0.25, 0.3) is 0 Å². The molecule has 1 aromatic carbocycles. The summed E-state index contributed by atoms with van der Waals surface area (Å²) in [6.45, 7) is 5.04. The lowest BCUT2D eigenvalue weighted by Crippen LogP contribution is -2.67. The molecule has 2 heterocycles. The van der Waals surface area contributed by atoms with Crippen molar-refractivity contribution in [2.24, 2.45) is 16.7 Å². The van der Waals surface area contributed by atoms with Crippen molar-refractivity contribution in [3.8, 4) is 0 Å². The van der Waals surface area contributed by atoms with Gasteiger partial charge in [0.2, 0.25) is 0 Å². The molecule has 0 saturated carbocycles. The highest BCUT2D eigenvalue weighted by Gasteiger charge is 2.60. The zero-order valence-electron chi connectivity index (χ0n) is 15.2. The largest absolute Gasteiger partial charge is 0.397 e. The summed E-state index contributed by atoms with van der Waals surface area (Å²) in [5.74, 6) is 0.0173. The van der Waals surface area contributed by atoms with E-state index in [2.05, 4.69) is 4.90 Å². The van der Waals surface area contributed by atoms with Gasteiger partial charge in [0.1, 0.15) is 6.23 Å². The monoisotopic (exact) mass is 372 g/mol. The molecule has 2 fully saturated rings. The number of aliphatic hydroxyl groups excluding tert-OH is 2. The van der Waals surface area contributed by atoms with E-state index in [0.29, 0.717) is 13.1 Å². The Hall–Kier alpha value is -1.15. The molecule has 0 amide bonds. The van der Waals surface area contributed by atoms with E-state index < -0.39 is 17.8 Å². The summed E-state index contributed by atoms with van der Waals surface area (Å²) < 4.78 is 39.6. The highest BCUT2D eigenvalue weighted by molar-refractivity contribution is 5.16. The van der Waals surface area contributed by atoms with Crippen molar-refractivity contribution in [1.82, 2.24) is 9.80 Å². The maximum Gasteiger partial charge on any atom is 0.397 e. The molecule has 7 heteroatoms. The molecule has 0 aromatic heterocycles. The molecule has 0 aliphatic carbocycles. The normalized spacial score (nSPS) is 25.4. The molecular formula is C19H27F3N2O2. The van der Waals surface area contributed by atoms with Crippen LogP contribution < -0.4 is 0 Å². The minimum Gasteiger partial charge on any atom is -0.396 e. The lowest BCUT2D eigenvalue weighted by molar-refractivity contribution is -0.282. The van der Waals surface area contributed by atoms with Gasteiger partial charge in [-0.15, -0.1) is 0 Å². The average Bonchev–Trinajstić information content (AvgIpc) is 2.91. The number of nitrogens with zero attached hydrogens (tertiary/aromatic N) is 2. The Morgan fingerprint density at radius 3 is 2.31 bits per heavy atom. The molecule has 2 aliphatic rings. The first kappa shape index (κ1) is 19.6. The van der Waals surface area contributed by atoms with Crippen LogP contribution in [-0.4, -0.2) is 65.2 Å². The number of rotatable bonds is 5. The van der Waals surface area contributed by atoms with Gasteiger partial charge >= 0.3 is 6.18 Å². The summed E-state index contributed by atoms with van der Waals surface area (Å²) in [7, 11) is 0. The maximum atomic E-state index is 13.2. The second kappa shape index (κ2) is 6.78. The third kappa shape index (κ3) is 3.38. The van der Waals surface area contributed by atoms with E-state index in [4.69, 9.17) is 0 Å². The molecule has 2 N–H and O–H groups in total. The highest BCUT2D eigenvalue weighted by Crippen LogP contribution is 2.49. The average molecular weight is 372 g/mol. The van der Waals surface area contributed by atoms with Crippen molar-refractivity contribution in [2.45, 2.75) is 32.8 Å². The van der Waals surface area contributed by atoms with Gasteiger partial charge in [-0.3, -0.25) is 9.80 Å². The molecule has 3 rings (SSSR count). The van der Waals surface area contributed by atoms with Crippen molar-refractivity contribution < 1.29 is 23.4 Å². The number of aliphatic hydroxyl groups is 2. The van der Waals surface area contributed by atoms with Gasteiger partial charge in [-0.1, -0.05) is 30.3 Å². The van der Waals surface area contributed by atoms with Gasteiger partial charge in [0, 0.05) is 50.7 Å². The molecule has 1 spiro atoms. The highest BCUT2D eigenvalue weighted by atomic mass is 19.4. The van der Waals surface area contributed by atoms with Crippen LogP contribution in [0.1, 0.15) is 19.4 Å². The molecule has 1 aromatic rings. The van der Waals surface area contributed by atoms with Gasteiger partial charge in [0.05, 0.1) is 5.41 Å². The van der Waals surface area contributed by atoms with Crippen LogP contribution in [0.25, 0.3) is 0 Å². The number of benzene rings is 1. The van der Waals surface area contributed by atoms with Gasteiger partial charge in [0.15, 0.2) is 0 Å². The second-order valence-corrected chi connectivity index (χ2v) is 8.40. The summed E-state index contributed by atoms with van der Waals surface area (Å²) in [5.41, 5.74) is -1.26. The minimum absolute atomic E-state index is 0.0118. The van der Waals surface area contributed by atoms with Crippen molar-refractivity contribution in [2.75, 3.05) is 32.8 Å². The fourth-order valence-electron chi connectivity index (χ4n) is 4.25. The van der Waals surface area contributed by atoms with Crippen LogP contribution in [0.3, 0.4) is 0 Å². The molecule has 2 saturated heterocycles. The van der Waals surface area contributed by atoms with E-state index in [-0.39, 0.29) is 17.9 Å². The first-order valence-electron chi connectivity index (χ1n) is 8.95. The van der Waals surface area contributed by atoms with E-state index in [1.165, 1.54) is 10.5 Å². The molecule has 0 radical (unpaired) electrons. The van der Waals surface area contributed by atoms with Crippen molar-refractivity contribution in [3.63, 3.8) is 0 Å². The smallest absolute Gasteiger partial charge is 0.396 e. The van der Waals surface area contributed by atoms with E-state index in [9.17, 15) is 23.4 Å². The Balaban J connectivity index is 1.64. The van der Waals surface area contributed by atoms with Crippen LogP contribution in [0.4, 0.5) is 13.2 Å². The lowest BCUT2D eigenvalue weighted by Gasteiger charge is -2.55. The predicted molar refractivity (Wildman–Crippen MR) is 92.1 cm³/mol. The second-order valence-electron chi connectivity index (χ2n) is 8.40. The standard InChI is InChI=1S/C19H27F3N2O2/c1-17(2,19(20,21)22)16(26)24-12-18(13-24)11-23(9-15(18)10-25)8-14-6-4-3-5-7-14/h3-7,15-16,25-26H,8-13H2,1-2H3/t15-,16?/m0/s1. The number of alkyl halides is 3. The Morgan fingerprint density at radius 2 is 1.77 bits per heavy atom. The van der Waals surface area contributed by atoms with Crippen LogP contribution in [0.5, 0.6) is 0 Å². The zero-order valence-corrected chi connectivity index (χ0v) is 15.2. The van der Waals surface area contributed by atoms with Gasteiger partial charge in [-0.05, 0) is 19.4 Å². The van der Waals surface area contributed by atoms with Crippen LogP contribution >= 0.6 is 0 Å². The quantitative estimate of drug-likeness (QED) is 0.833. The van der Waals surface area contributed by atoms with Crippen LogP contribution in [0, 0.1) is 16.7 Å². The summed E-state index contributed by atoms with van der Waals surface area (Å²) >= 11 is 0. The molecule has 0 bridgehead atoms. The predicted octanol–water partition coefficient (Wildman–Crippen LogP) is 2.32. The first-order chi connectivity index (χ1) is 12.1. The van der Waals surface area contributed by atoms with Crippen molar-refractivity contribution in [1.29, 1.82) is 0 Å². The molecule has 1 unspecified atom stereocenters. The van der Waals surface area contributed by atoms with Gasteiger partial charge in [-0.25, -0.2) is 0 Å². The minimum atomic E-state index is -4.47. The number of likely N-dealkylation sites (tertiary alicyclic amines) is 2. The third-order valence-corrected chi connectivity index (χ3v) is 6.11. The summed E-state index contributed by atoms with van der Waals surface area (Å²) in [6.07, 6.45) is -6.05. The number of halogens is 3. The fourth-order valence-corrected chi connectivity index (χ4v) is 4.25. The SMILES string of the molecule is CC(C)(C(O)N1CC2(CN(Cc3ccccc3)C[C@H]2CO)C1)C(F)(F)F. The Morgan fingerprint density at radius 1 is 1.15 bits per heavy atom. The lowest BCUT2D eigenvalue weighted by atomic mass is 9.70. The topological polar surface area (TPSA) is 46.9 Å². The Kier molecular flexibility index (Phi) is 5.11. The van der Waals surface area contributed by atoms with E-state index in [0.717, 1.165) is 33.5 Å². The first-order valence-corrected chi connectivity index (χ1v) is 8.95. The summed E-state index contributed by atoms with van der Waals surface area (Å²) in [5, 5.41) is 20.0. The van der Waals surface area contributed by atoms with Crippen LogP contribution in [0.2, 0.25) is 0 Å². The van der Waals surface area contributed by atoms with Crippen LogP contribution in [0.15, 0.2) is 30.3 Å². The summed E-state index contributed by atoms with van der Waals surface area (Å²) in [6, 6.07) is 10.00. The molecule has 146 valence electrons. The van der Waals surface area contributed by atoms with Gasteiger partial charge in [-0.2, -0.15) is 13.2 Å². The number of hydrogen-bond acceptors (Lipinski definition) is 4. The third-order valence-electron chi connectivity index (χ3n) is 6.11. The fraction of sp³-hybridized carbons (Fsp3) is 0.684. The van der Waals surface area contributed by atoms with E-state index in [1.54, 1.807) is 0 Å².